The number of nitrogens with zero attached hydrogens (tertiary/aromatic N) is 1. The van der Waals surface area contributed by atoms with E-state index in [0.717, 1.165) is 4.90 Å². The number of hydrogen-bond donors (Lipinski definition) is 3. The number of imide groups is 1. The Balaban J connectivity index is 1.84. The molecule has 0 saturated carbocycles. The number of ether oxygens (including phenoxy) is 1. The standard InChI is InChI=1S/C12H14N2O5/c1-7(14-10(16)2-3-11(14)17)4-5-19-8-6-9(15)13-12(8)18/h2-3,6-7,13,15,18H,4-5H2,1H3. The Hall–Kier alpha value is -2.44. The van der Waals surface area contributed by atoms with E-state index in [1.54, 1.807) is 6.92 Å². The lowest BCUT2D eigenvalue weighted by Gasteiger charge is -2.22. The Bertz CT molecular complexity index is 516. The molecule has 2 amide bonds. The number of carbonyl (C=O) groups excluding carboxylic acids is 2. The minimum Gasteiger partial charge on any atom is -0.494 e. The Labute approximate surface area is 109 Å². The lowest BCUT2D eigenvalue weighted by atomic mass is 10.2. The van der Waals surface area contributed by atoms with Crippen molar-refractivity contribution in [2.45, 2.75) is 19.4 Å². The summed E-state index contributed by atoms with van der Waals surface area (Å²) in [6.07, 6.45) is 2.88. The molecule has 19 heavy (non-hydrogen) atoms. The molecule has 0 aliphatic carbocycles. The minimum atomic E-state index is -0.334. The maximum Gasteiger partial charge on any atom is 0.253 e. The van der Waals surface area contributed by atoms with Crippen LogP contribution in [-0.4, -0.2) is 44.6 Å². The first-order valence-electron chi connectivity index (χ1n) is 5.78. The van der Waals surface area contributed by atoms with Gasteiger partial charge in [0.05, 0.1) is 6.61 Å². The van der Waals surface area contributed by atoms with Crippen molar-refractivity contribution in [2.75, 3.05) is 6.61 Å². The first-order valence-corrected chi connectivity index (χ1v) is 5.78. The number of carbonyl (C=O) groups is 2. The number of hydrogen-bond acceptors (Lipinski definition) is 5. The summed E-state index contributed by atoms with van der Waals surface area (Å²) in [6.45, 7) is 1.93. The van der Waals surface area contributed by atoms with Gasteiger partial charge in [-0.25, -0.2) is 0 Å². The topological polar surface area (TPSA) is 103 Å². The first kappa shape index (κ1) is 13.0. The van der Waals surface area contributed by atoms with Crippen LogP contribution in [0, 0.1) is 0 Å². The smallest absolute Gasteiger partial charge is 0.253 e. The van der Waals surface area contributed by atoms with Crippen molar-refractivity contribution < 1.29 is 24.5 Å². The zero-order valence-electron chi connectivity index (χ0n) is 10.3. The van der Waals surface area contributed by atoms with Crippen LogP contribution in [0.3, 0.4) is 0 Å². The number of aromatic nitrogens is 1. The van der Waals surface area contributed by atoms with Crippen LogP contribution in [0.15, 0.2) is 18.2 Å². The Kier molecular flexibility index (Phi) is 3.46. The molecule has 2 rings (SSSR count). The number of amides is 2. The molecule has 1 aliphatic heterocycles. The number of H-pyrrole nitrogens is 1. The van der Waals surface area contributed by atoms with Crippen molar-refractivity contribution in [1.29, 1.82) is 0 Å². The summed E-state index contributed by atoms with van der Waals surface area (Å²) >= 11 is 0. The van der Waals surface area contributed by atoms with Crippen LogP contribution in [0.4, 0.5) is 0 Å². The van der Waals surface area contributed by atoms with Gasteiger partial charge in [-0.2, -0.15) is 0 Å². The van der Waals surface area contributed by atoms with Gasteiger partial charge in [-0.1, -0.05) is 0 Å². The van der Waals surface area contributed by atoms with E-state index in [9.17, 15) is 14.7 Å². The van der Waals surface area contributed by atoms with Gasteiger partial charge in [0.2, 0.25) is 5.88 Å². The highest BCUT2D eigenvalue weighted by molar-refractivity contribution is 6.13. The molecule has 1 aliphatic rings. The van der Waals surface area contributed by atoms with Crippen molar-refractivity contribution >= 4 is 11.8 Å². The van der Waals surface area contributed by atoms with E-state index in [2.05, 4.69) is 4.98 Å². The van der Waals surface area contributed by atoms with E-state index in [-0.39, 0.29) is 42.0 Å². The van der Waals surface area contributed by atoms with Crippen molar-refractivity contribution in [3.63, 3.8) is 0 Å². The second-order valence-corrected chi connectivity index (χ2v) is 4.23. The molecular weight excluding hydrogens is 252 g/mol. The molecular formula is C12H14N2O5. The van der Waals surface area contributed by atoms with Gasteiger partial charge in [-0.05, 0) is 6.92 Å². The molecule has 0 spiro atoms. The van der Waals surface area contributed by atoms with Crippen molar-refractivity contribution in [3.05, 3.63) is 18.2 Å². The molecule has 1 atom stereocenters. The molecule has 1 aromatic rings. The fraction of sp³-hybridized carbons (Fsp3) is 0.333. The molecule has 0 fully saturated rings. The summed E-state index contributed by atoms with van der Waals surface area (Å²) < 4.78 is 5.25. The summed E-state index contributed by atoms with van der Waals surface area (Å²) in [5, 5.41) is 18.4. The highest BCUT2D eigenvalue weighted by Gasteiger charge is 2.28. The van der Waals surface area contributed by atoms with E-state index in [0.29, 0.717) is 6.42 Å². The maximum atomic E-state index is 11.4. The van der Waals surface area contributed by atoms with Gasteiger partial charge < -0.3 is 14.9 Å². The third-order valence-electron chi connectivity index (χ3n) is 2.82. The van der Waals surface area contributed by atoms with Gasteiger partial charge in [0.1, 0.15) is 0 Å². The third-order valence-corrected chi connectivity index (χ3v) is 2.82. The summed E-state index contributed by atoms with van der Waals surface area (Å²) in [4.78, 5) is 26.3. The normalized spacial score (nSPS) is 16.2. The predicted molar refractivity (Wildman–Crippen MR) is 64.7 cm³/mol. The van der Waals surface area contributed by atoms with E-state index in [1.807, 2.05) is 0 Å². The van der Waals surface area contributed by atoms with Gasteiger partial charge in [-0.15, -0.1) is 0 Å². The van der Waals surface area contributed by atoms with Crippen molar-refractivity contribution in [2.24, 2.45) is 0 Å². The molecule has 3 N–H and O–H groups in total. The molecule has 0 saturated heterocycles. The average molecular weight is 266 g/mol. The lowest BCUT2D eigenvalue weighted by Crippen LogP contribution is -2.38. The monoisotopic (exact) mass is 266 g/mol. The van der Waals surface area contributed by atoms with Gasteiger partial charge in [0, 0.05) is 30.7 Å². The molecule has 2 heterocycles. The largest absolute Gasteiger partial charge is 0.494 e. The van der Waals surface area contributed by atoms with Crippen LogP contribution in [0.2, 0.25) is 0 Å². The molecule has 102 valence electrons. The van der Waals surface area contributed by atoms with Crippen LogP contribution >= 0.6 is 0 Å². The lowest BCUT2D eigenvalue weighted by molar-refractivity contribution is -0.139. The predicted octanol–water partition coefficient (Wildman–Crippen LogP) is 0.508. The fourth-order valence-corrected chi connectivity index (χ4v) is 1.84. The highest BCUT2D eigenvalue weighted by Crippen LogP contribution is 2.29. The Morgan fingerprint density at radius 1 is 1.32 bits per heavy atom. The number of aromatic amines is 1. The fourth-order valence-electron chi connectivity index (χ4n) is 1.84. The Morgan fingerprint density at radius 2 is 1.95 bits per heavy atom. The van der Waals surface area contributed by atoms with E-state index in [1.165, 1.54) is 18.2 Å². The first-order chi connectivity index (χ1) is 8.99. The van der Waals surface area contributed by atoms with Crippen LogP contribution in [0.25, 0.3) is 0 Å². The SMILES string of the molecule is CC(CCOc1cc(O)[nH]c1O)N1C(=O)C=CC1=O. The molecule has 1 unspecified atom stereocenters. The number of nitrogens with one attached hydrogen (secondary N) is 1. The highest BCUT2D eigenvalue weighted by atomic mass is 16.5. The van der Waals surface area contributed by atoms with Crippen LogP contribution in [-0.2, 0) is 9.59 Å². The third kappa shape index (κ3) is 2.70. The molecule has 1 aromatic heterocycles. The molecule has 0 aromatic carbocycles. The van der Waals surface area contributed by atoms with Crippen LogP contribution in [0.5, 0.6) is 17.5 Å². The van der Waals surface area contributed by atoms with Gasteiger partial charge in [-0.3, -0.25) is 19.5 Å². The van der Waals surface area contributed by atoms with Gasteiger partial charge in [0.25, 0.3) is 11.8 Å². The minimum absolute atomic E-state index is 0.127. The number of rotatable bonds is 5. The molecule has 0 bridgehead atoms. The zero-order valence-corrected chi connectivity index (χ0v) is 10.3. The van der Waals surface area contributed by atoms with E-state index < -0.39 is 0 Å². The zero-order chi connectivity index (χ0) is 14.0. The van der Waals surface area contributed by atoms with E-state index in [4.69, 9.17) is 9.84 Å². The molecule has 7 heteroatoms. The van der Waals surface area contributed by atoms with E-state index >= 15 is 0 Å². The van der Waals surface area contributed by atoms with Crippen LogP contribution < -0.4 is 4.74 Å². The molecule has 7 nitrogen and oxygen atoms in total. The molecule has 0 radical (unpaired) electrons. The second-order valence-electron chi connectivity index (χ2n) is 4.23. The number of aromatic hydroxyl groups is 2. The summed E-state index contributed by atoms with van der Waals surface area (Å²) in [7, 11) is 0. The van der Waals surface area contributed by atoms with Crippen molar-refractivity contribution in [3.8, 4) is 17.5 Å². The maximum absolute atomic E-state index is 11.4. The second kappa shape index (κ2) is 5.05. The average Bonchev–Trinajstić information content (AvgIpc) is 2.82. The summed E-state index contributed by atoms with van der Waals surface area (Å²) in [5.41, 5.74) is 0. The van der Waals surface area contributed by atoms with Crippen molar-refractivity contribution in [1.82, 2.24) is 9.88 Å². The van der Waals surface area contributed by atoms with Crippen LogP contribution in [0.1, 0.15) is 13.3 Å². The van der Waals surface area contributed by atoms with Gasteiger partial charge >= 0.3 is 0 Å². The van der Waals surface area contributed by atoms with Gasteiger partial charge in [0.15, 0.2) is 11.6 Å². The summed E-state index contributed by atoms with van der Waals surface area (Å²) in [5.74, 6) is -1.00. The summed E-state index contributed by atoms with van der Waals surface area (Å²) in [6, 6.07) is 0.943. The Morgan fingerprint density at radius 3 is 2.47 bits per heavy atom. The quantitative estimate of drug-likeness (QED) is 0.674.